The van der Waals surface area contributed by atoms with E-state index < -0.39 is 17.3 Å². The van der Waals surface area contributed by atoms with Crippen LogP contribution in [0.5, 0.6) is 0 Å². The first-order valence-electron chi connectivity index (χ1n) is 5.96. The van der Waals surface area contributed by atoms with E-state index in [1.807, 2.05) is 0 Å². The van der Waals surface area contributed by atoms with Crippen LogP contribution >= 0.6 is 0 Å². The highest BCUT2D eigenvalue weighted by Crippen LogP contribution is 2.34. The molecule has 0 bridgehead atoms. The first-order chi connectivity index (χ1) is 9.24. The Morgan fingerprint density at radius 2 is 2.15 bits per heavy atom. The molecule has 1 aromatic carbocycles. The topological polar surface area (TPSA) is 102 Å². The Bertz CT molecular complexity index is 629. The van der Waals surface area contributed by atoms with Gasteiger partial charge in [0.25, 0.3) is 0 Å². The fourth-order valence-corrected chi connectivity index (χ4v) is 2.15. The average Bonchev–Trinajstić information content (AvgIpc) is 2.36. The van der Waals surface area contributed by atoms with Crippen LogP contribution in [0.25, 0.3) is 0 Å². The molecule has 0 saturated heterocycles. The third-order valence-corrected chi connectivity index (χ3v) is 3.41. The van der Waals surface area contributed by atoms with Crippen LogP contribution in [0.15, 0.2) is 23.2 Å². The van der Waals surface area contributed by atoms with Gasteiger partial charge < -0.3 is 11.5 Å². The van der Waals surface area contributed by atoms with Crippen molar-refractivity contribution in [3.05, 3.63) is 35.1 Å². The summed E-state index contributed by atoms with van der Waals surface area (Å²) in [6.45, 7) is 1.59. The van der Waals surface area contributed by atoms with Crippen LogP contribution in [0.3, 0.4) is 0 Å². The number of rotatable bonds is 2. The largest absolute Gasteiger partial charge is 0.369 e. The SMILES string of the molecule is CN1C(=O)C[C@](C)(c2cc(C(N)=O)ccc2F)N=C1N. The van der Waals surface area contributed by atoms with Gasteiger partial charge in [-0.2, -0.15) is 0 Å². The lowest BCUT2D eigenvalue weighted by Crippen LogP contribution is -2.47. The van der Waals surface area contributed by atoms with Crippen molar-refractivity contribution in [2.24, 2.45) is 16.5 Å². The molecule has 1 aliphatic heterocycles. The molecule has 2 rings (SSSR count). The average molecular weight is 278 g/mol. The van der Waals surface area contributed by atoms with Crippen LogP contribution in [0, 0.1) is 5.82 Å². The molecule has 106 valence electrons. The van der Waals surface area contributed by atoms with Gasteiger partial charge in [-0.1, -0.05) is 0 Å². The van der Waals surface area contributed by atoms with Crippen LogP contribution in [-0.4, -0.2) is 29.7 Å². The molecule has 1 aliphatic rings. The van der Waals surface area contributed by atoms with Gasteiger partial charge in [-0.15, -0.1) is 0 Å². The van der Waals surface area contributed by atoms with Gasteiger partial charge in [0.1, 0.15) is 5.82 Å². The van der Waals surface area contributed by atoms with E-state index in [2.05, 4.69) is 4.99 Å². The van der Waals surface area contributed by atoms with Crippen molar-refractivity contribution in [3.8, 4) is 0 Å². The number of amides is 2. The van der Waals surface area contributed by atoms with Crippen LogP contribution in [0.2, 0.25) is 0 Å². The fourth-order valence-electron chi connectivity index (χ4n) is 2.15. The Hall–Kier alpha value is -2.44. The van der Waals surface area contributed by atoms with Gasteiger partial charge in [-0.05, 0) is 25.1 Å². The number of hydrogen-bond acceptors (Lipinski definition) is 4. The number of nitrogens with two attached hydrogens (primary N) is 2. The smallest absolute Gasteiger partial charge is 0.248 e. The third-order valence-electron chi connectivity index (χ3n) is 3.41. The molecule has 6 nitrogen and oxygen atoms in total. The predicted molar refractivity (Wildman–Crippen MR) is 71.3 cm³/mol. The van der Waals surface area contributed by atoms with E-state index >= 15 is 0 Å². The molecule has 0 aromatic heterocycles. The molecule has 4 N–H and O–H groups in total. The predicted octanol–water partition coefficient (Wildman–Crippen LogP) is 0.317. The van der Waals surface area contributed by atoms with Crippen molar-refractivity contribution in [3.63, 3.8) is 0 Å². The van der Waals surface area contributed by atoms with E-state index in [1.165, 1.54) is 24.1 Å². The molecule has 0 fully saturated rings. The zero-order chi connectivity index (χ0) is 15.1. The van der Waals surface area contributed by atoms with Gasteiger partial charge >= 0.3 is 0 Å². The minimum Gasteiger partial charge on any atom is -0.369 e. The van der Waals surface area contributed by atoms with E-state index in [1.54, 1.807) is 6.92 Å². The van der Waals surface area contributed by atoms with Crippen molar-refractivity contribution in [1.29, 1.82) is 0 Å². The Morgan fingerprint density at radius 3 is 2.70 bits per heavy atom. The van der Waals surface area contributed by atoms with Crippen LogP contribution in [-0.2, 0) is 10.3 Å². The lowest BCUT2D eigenvalue weighted by molar-refractivity contribution is -0.128. The highest BCUT2D eigenvalue weighted by molar-refractivity contribution is 5.99. The first-order valence-corrected chi connectivity index (χ1v) is 5.96. The fraction of sp³-hybridized carbons (Fsp3) is 0.308. The number of primary amides is 1. The summed E-state index contributed by atoms with van der Waals surface area (Å²) in [7, 11) is 1.50. The second-order valence-corrected chi connectivity index (χ2v) is 4.93. The standard InChI is InChI=1S/C13H15FN4O2/c1-13(6-10(19)18(2)12(16)17-13)8-5-7(11(15)20)3-4-9(8)14/h3-5H,6H2,1-2H3,(H2,15,20)(H2,16,17)/t13-/m1/s1. The normalized spacial score (nSPS) is 22.6. The number of carbonyl (C=O) groups excluding carboxylic acids is 2. The molecule has 0 spiro atoms. The number of nitrogens with zero attached hydrogens (tertiary/aromatic N) is 2. The molecule has 0 radical (unpaired) electrons. The summed E-state index contributed by atoms with van der Waals surface area (Å²) in [6.07, 6.45) is -0.0384. The summed E-state index contributed by atoms with van der Waals surface area (Å²) in [5.41, 5.74) is 9.98. The summed E-state index contributed by atoms with van der Waals surface area (Å²) >= 11 is 0. The van der Waals surface area contributed by atoms with Gasteiger partial charge in [0.15, 0.2) is 5.96 Å². The molecule has 0 unspecified atom stereocenters. The highest BCUT2D eigenvalue weighted by Gasteiger charge is 2.38. The van der Waals surface area contributed by atoms with E-state index in [-0.39, 0.29) is 29.4 Å². The van der Waals surface area contributed by atoms with Gasteiger partial charge in [0, 0.05) is 18.2 Å². The monoisotopic (exact) mass is 278 g/mol. The Labute approximate surface area is 115 Å². The quantitative estimate of drug-likeness (QED) is 0.814. The minimum absolute atomic E-state index is 0.00706. The number of guanidine groups is 1. The summed E-state index contributed by atoms with van der Waals surface area (Å²) in [6, 6.07) is 3.73. The molecular weight excluding hydrogens is 263 g/mol. The number of carbonyl (C=O) groups is 2. The summed E-state index contributed by atoms with van der Waals surface area (Å²) < 4.78 is 14.0. The molecule has 20 heavy (non-hydrogen) atoms. The molecule has 7 heteroatoms. The van der Waals surface area contributed by atoms with Crippen LogP contribution < -0.4 is 11.5 Å². The summed E-state index contributed by atoms with van der Waals surface area (Å²) in [5.74, 6) is -1.51. The van der Waals surface area contributed by atoms with Crippen molar-refractivity contribution >= 4 is 17.8 Å². The third kappa shape index (κ3) is 2.22. The maximum absolute atomic E-state index is 14.0. The lowest BCUT2D eigenvalue weighted by atomic mass is 9.86. The highest BCUT2D eigenvalue weighted by atomic mass is 19.1. The van der Waals surface area contributed by atoms with E-state index in [0.717, 1.165) is 6.07 Å². The molecule has 0 saturated carbocycles. The van der Waals surface area contributed by atoms with Crippen LogP contribution in [0.1, 0.15) is 29.3 Å². The zero-order valence-corrected chi connectivity index (χ0v) is 11.2. The Kier molecular flexibility index (Phi) is 3.21. The van der Waals surface area contributed by atoms with E-state index in [4.69, 9.17) is 11.5 Å². The molecular formula is C13H15FN4O2. The lowest BCUT2D eigenvalue weighted by Gasteiger charge is -2.33. The first kappa shape index (κ1) is 14.0. The van der Waals surface area contributed by atoms with Gasteiger partial charge in [0.05, 0.1) is 12.0 Å². The van der Waals surface area contributed by atoms with E-state index in [0.29, 0.717) is 0 Å². The van der Waals surface area contributed by atoms with Gasteiger partial charge in [-0.25, -0.2) is 9.38 Å². The second-order valence-electron chi connectivity index (χ2n) is 4.93. The Balaban J connectivity index is 2.58. The van der Waals surface area contributed by atoms with Crippen molar-refractivity contribution in [1.82, 2.24) is 4.90 Å². The van der Waals surface area contributed by atoms with Crippen LogP contribution in [0.4, 0.5) is 4.39 Å². The van der Waals surface area contributed by atoms with Gasteiger partial charge in [-0.3, -0.25) is 14.5 Å². The molecule has 1 atom stereocenters. The summed E-state index contributed by atoms with van der Waals surface area (Å²) in [4.78, 5) is 28.5. The zero-order valence-electron chi connectivity index (χ0n) is 11.2. The maximum Gasteiger partial charge on any atom is 0.248 e. The Morgan fingerprint density at radius 1 is 1.50 bits per heavy atom. The van der Waals surface area contributed by atoms with E-state index in [9.17, 15) is 14.0 Å². The maximum atomic E-state index is 14.0. The van der Waals surface area contributed by atoms with Crippen molar-refractivity contribution in [2.75, 3.05) is 7.05 Å². The molecule has 1 aromatic rings. The molecule has 0 aliphatic carbocycles. The molecule has 2 amide bonds. The van der Waals surface area contributed by atoms with Crippen molar-refractivity contribution < 1.29 is 14.0 Å². The number of aliphatic imine (C=N–C) groups is 1. The van der Waals surface area contributed by atoms with Crippen molar-refractivity contribution in [2.45, 2.75) is 18.9 Å². The number of halogens is 1. The number of hydrogen-bond donors (Lipinski definition) is 2. The minimum atomic E-state index is -1.15. The molecule has 1 heterocycles. The number of benzene rings is 1. The second kappa shape index (κ2) is 4.59. The summed E-state index contributed by atoms with van der Waals surface area (Å²) in [5, 5.41) is 0. The van der Waals surface area contributed by atoms with Gasteiger partial charge in [0.2, 0.25) is 11.8 Å².